The van der Waals surface area contributed by atoms with Crippen LogP contribution in [0.25, 0.3) is 0 Å². The number of aryl methyl sites for hydroxylation is 1. The highest BCUT2D eigenvalue weighted by Gasteiger charge is 2.31. The fourth-order valence-electron chi connectivity index (χ4n) is 3.15. The van der Waals surface area contributed by atoms with Crippen LogP contribution in [0, 0.1) is 0 Å². The van der Waals surface area contributed by atoms with Gasteiger partial charge in [-0.1, -0.05) is 37.1 Å². The molecule has 1 atom stereocenters. The number of hydrogen-bond donors (Lipinski definition) is 1. The number of rotatable bonds is 11. The van der Waals surface area contributed by atoms with Crippen molar-refractivity contribution in [1.29, 1.82) is 0 Å². The fourth-order valence-corrected chi connectivity index (χ4v) is 4.48. The van der Waals surface area contributed by atoms with E-state index in [-0.39, 0.29) is 18.8 Å². The molecule has 0 aliphatic heterocycles. The summed E-state index contributed by atoms with van der Waals surface area (Å²) >= 11 is 6.05. The van der Waals surface area contributed by atoms with E-state index in [0.29, 0.717) is 16.5 Å². The van der Waals surface area contributed by atoms with Gasteiger partial charge in [0, 0.05) is 5.02 Å². The lowest BCUT2D eigenvalue weighted by Crippen LogP contribution is -2.48. The van der Waals surface area contributed by atoms with Crippen molar-refractivity contribution in [3.8, 4) is 11.5 Å². The van der Waals surface area contributed by atoms with Crippen LogP contribution < -0.4 is 19.1 Å². The maximum Gasteiger partial charge on any atom is 0.243 e. The lowest BCUT2D eigenvalue weighted by molar-refractivity contribution is -0.121. The summed E-state index contributed by atoms with van der Waals surface area (Å²) in [7, 11) is -2.37. The highest BCUT2D eigenvalue weighted by atomic mass is 35.5. The van der Waals surface area contributed by atoms with Crippen molar-refractivity contribution in [1.82, 2.24) is 5.32 Å². The summed E-state index contributed by atoms with van der Waals surface area (Å²) in [4.78, 5) is 12.7. The highest BCUT2D eigenvalue weighted by molar-refractivity contribution is 7.92. The fraction of sp³-hybridized carbons (Fsp3) is 0.409. The average molecular weight is 469 g/mol. The Bertz CT molecular complexity index is 980. The smallest absolute Gasteiger partial charge is 0.243 e. The third-order valence-electron chi connectivity index (χ3n) is 4.60. The number of carbonyl (C=O) groups is 1. The number of carbonyl (C=O) groups excluding carboxylic acids is 1. The monoisotopic (exact) mass is 468 g/mol. The van der Waals surface area contributed by atoms with E-state index < -0.39 is 22.0 Å². The molecule has 0 aromatic heterocycles. The number of anilines is 1. The van der Waals surface area contributed by atoms with E-state index in [0.717, 1.165) is 23.4 Å². The van der Waals surface area contributed by atoms with E-state index in [2.05, 4.69) is 12.2 Å². The minimum absolute atomic E-state index is 0.198. The van der Waals surface area contributed by atoms with Gasteiger partial charge in [0.15, 0.2) is 0 Å². The summed E-state index contributed by atoms with van der Waals surface area (Å²) in [6.07, 6.45) is 3.13. The third-order valence-corrected chi connectivity index (χ3v) is 6.06. The molecule has 0 bridgehead atoms. The van der Waals surface area contributed by atoms with Crippen LogP contribution in [0.3, 0.4) is 0 Å². The molecule has 0 saturated carbocycles. The number of amides is 1. The molecule has 0 radical (unpaired) electrons. The van der Waals surface area contributed by atoms with Crippen LogP contribution in [0.15, 0.2) is 42.5 Å². The zero-order valence-electron chi connectivity index (χ0n) is 18.2. The lowest BCUT2D eigenvalue weighted by atomic mass is 10.1. The molecule has 0 heterocycles. The Hall–Kier alpha value is -2.45. The van der Waals surface area contributed by atoms with Crippen molar-refractivity contribution in [2.24, 2.45) is 0 Å². The van der Waals surface area contributed by atoms with Crippen LogP contribution in [-0.2, 0) is 21.2 Å². The van der Waals surface area contributed by atoms with E-state index in [1.807, 2.05) is 24.3 Å². The number of halogens is 1. The van der Waals surface area contributed by atoms with E-state index in [1.165, 1.54) is 25.7 Å². The maximum atomic E-state index is 12.7. The zero-order valence-corrected chi connectivity index (χ0v) is 19.8. The average Bonchev–Trinajstić information content (AvgIpc) is 2.71. The number of methoxy groups -OCH3 is 1. The molecular formula is C22H29ClN2O5S. The molecule has 0 aliphatic carbocycles. The second-order valence-corrected chi connectivity index (χ2v) is 9.38. The van der Waals surface area contributed by atoms with Gasteiger partial charge in [0.2, 0.25) is 15.9 Å². The van der Waals surface area contributed by atoms with E-state index in [4.69, 9.17) is 21.1 Å². The van der Waals surface area contributed by atoms with Gasteiger partial charge in [-0.25, -0.2) is 8.42 Å². The van der Waals surface area contributed by atoms with Gasteiger partial charge in [0.25, 0.3) is 0 Å². The van der Waals surface area contributed by atoms with Crippen LogP contribution in [0.2, 0.25) is 5.02 Å². The van der Waals surface area contributed by atoms with Gasteiger partial charge in [-0.3, -0.25) is 9.10 Å². The van der Waals surface area contributed by atoms with E-state index >= 15 is 0 Å². The maximum absolute atomic E-state index is 12.7. The van der Waals surface area contributed by atoms with E-state index in [1.54, 1.807) is 12.1 Å². The molecular weight excluding hydrogens is 440 g/mol. The molecule has 2 aromatic rings. The summed E-state index contributed by atoms with van der Waals surface area (Å²) < 4.78 is 36.8. The van der Waals surface area contributed by atoms with Gasteiger partial charge in [0.05, 0.1) is 25.6 Å². The number of ether oxygens (including phenoxy) is 2. The number of benzene rings is 2. The summed E-state index contributed by atoms with van der Waals surface area (Å²) in [5, 5.41) is 3.04. The van der Waals surface area contributed by atoms with Crippen LogP contribution in [0.4, 0.5) is 5.69 Å². The topological polar surface area (TPSA) is 84.9 Å². The molecule has 0 aliphatic rings. The van der Waals surface area contributed by atoms with Crippen molar-refractivity contribution in [3.05, 3.63) is 53.1 Å². The molecule has 1 amide bonds. The Labute approximate surface area is 189 Å². The van der Waals surface area contributed by atoms with Crippen molar-refractivity contribution in [2.45, 2.75) is 32.7 Å². The van der Waals surface area contributed by atoms with Crippen LogP contribution in [0.1, 0.15) is 25.8 Å². The van der Waals surface area contributed by atoms with Crippen LogP contribution in [-0.4, -0.2) is 46.9 Å². The zero-order chi connectivity index (χ0) is 23.0. The van der Waals surface area contributed by atoms with Gasteiger partial charge in [-0.05, 0) is 49.2 Å². The number of hydrogen-bond acceptors (Lipinski definition) is 5. The first kappa shape index (κ1) is 24.8. The summed E-state index contributed by atoms with van der Waals surface area (Å²) in [5.74, 6) is 0.544. The largest absolute Gasteiger partial charge is 0.495 e. The lowest BCUT2D eigenvalue weighted by Gasteiger charge is -2.29. The second-order valence-electron chi connectivity index (χ2n) is 7.08. The predicted octanol–water partition coefficient (Wildman–Crippen LogP) is 3.65. The standard InChI is InChI=1S/C22H29ClN2O5S/c1-5-6-17-7-10-19(11-8-17)30-14-13-24-22(26)16(2)25(31(4,27)28)20-15-18(23)9-12-21(20)29-3/h7-12,15-16H,5-6,13-14H2,1-4H3,(H,24,26). The summed E-state index contributed by atoms with van der Waals surface area (Å²) in [5.41, 5.74) is 1.44. The molecule has 9 heteroatoms. The minimum atomic E-state index is -3.79. The van der Waals surface area contributed by atoms with E-state index in [9.17, 15) is 13.2 Å². The molecule has 0 saturated heterocycles. The molecule has 2 rings (SSSR count). The Morgan fingerprint density at radius 1 is 1.19 bits per heavy atom. The first-order valence-corrected chi connectivity index (χ1v) is 12.2. The molecule has 7 nitrogen and oxygen atoms in total. The first-order valence-electron chi connectivity index (χ1n) is 9.99. The second kappa shape index (κ2) is 11.2. The quantitative estimate of drug-likeness (QED) is 0.509. The van der Waals surface area contributed by atoms with Crippen LogP contribution in [0.5, 0.6) is 11.5 Å². The normalized spacial score (nSPS) is 12.2. The SMILES string of the molecule is CCCc1ccc(OCCNC(=O)C(C)N(c2cc(Cl)ccc2OC)S(C)(=O)=O)cc1. The Balaban J connectivity index is 2.01. The van der Waals surface area contributed by atoms with Crippen molar-refractivity contribution in [2.75, 3.05) is 30.8 Å². The third kappa shape index (κ3) is 7.04. The number of nitrogens with zero attached hydrogens (tertiary/aromatic N) is 1. The Morgan fingerprint density at radius 3 is 2.45 bits per heavy atom. The van der Waals surface area contributed by atoms with Gasteiger partial charge in [-0.15, -0.1) is 0 Å². The molecule has 0 spiro atoms. The predicted molar refractivity (Wildman–Crippen MR) is 124 cm³/mol. The highest BCUT2D eigenvalue weighted by Crippen LogP contribution is 2.34. The van der Waals surface area contributed by atoms with Gasteiger partial charge in [0.1, 0.15) is 24.1 Å². The van der Waals surface area contributed by atoms with Crippen molar-refractivity contribution in [3.63, 3.8) is 0 Å². The number of sulfonamides is 1. The number of nitrogens with one attached hydrogen (secondary N) is 1. The first-order chi connectivity index (χ1) is 14.7. The Kier molecular flexibility index (Phi) is 9.00. The van der Waals surface area contributed by atoms with Crippen molar-refractivity contribution < 1.29 is 22.7 Å². The minimum Gasteiger partial charge on any atom is -0.495 e. The Morgan fingerprint density at radius 2 is 1.87 bits per heavy atom. The van der Waals surface area contributed by atoms with Gasteiger partial charge >= 0.3 is 0 Å². The van der Waals surface area contributed by atoms with Gasteiger partial charge < -0.3 is 14.8 Å². The van der Waals surface area contributed by atoms with Crippen molar-refractivity contribution >= 4 is 33.2 Å². The molecule has 0 fully saturated rings. The summed E-state index contributed by atoms with van der Waals surface area (Å²) in [6, 6.07) is 11.4. The molecule has 31 heavy (non-hydrogen) atoms. The molecule has 1 unspecified atom stereocenters. The molecule has 170 valence electrons. The molecule has 1 N–H and O–H groups in total. The van der Waals surface area contributed by atoms with Crippen LogP contribution >= 0.6 is 11.6 Å². The summed E-state index contributed by atoms with van der Waals surface area (Å²) in [6.45, 7) is 4.11. The molecule has 2 aromatic carbocycles. The van der Waals surface area contributed by atoms with Gasteiger partial charge in [-0.2, -0.15) is 0 Å².